The molecule has 2 aromatic carbocycles. The maximum Gasteiger partial charge on any atom is 0.258 e. The maximum atomic E-state index is 14.2. The molecule has 0 saturated carbocycles. The molecule has 4 rings (SSSR count). The second kappa shape index (κ2) is 9.34. The van der Waals surface area contributed by atoms with Crippen molar-refractivity contribution in [3.63, 3.8) is 0 Å². The molecule has 2 amide bonds. The molecule has 6 nitrogen and oxygen atoms in total. The molecule has 3 aromatic rings. The first-order valence-corrected chi connectivity index (χ1v) is 9.44. The summed E-state index contributed by atoms with van der Waals surface area (Å²) in [4.78, 5) is 23.6. The lowest BCUT2D eigenvalue weighted by molar-refractivity contribution is -0.106. The Kier molecular flexibility index (Phi) is 6.61. The summed E-state index contributed by atoms with van der Waals surface area (Å²) in [6, 6.07) is 13.9. The van der Waals surface area contributed by atoms with Crippen LogP contribution in [0.2, 0.25) is 5.02 Å². The summed E-state index contributed by atoms with van der Waals surface area (Å²) in [7, 11) is 0. The first-order valence-electron chi connectivity index (χ1n) is 9.07. The van der Waals surface area contributed by atoms with Gasteiger partial charge in [0.25, 0.3) is 5.91 Å². The SMILES string of the molecule is NC=O.O=C(c1cn[nH]c1-c1ccccc1F)N1CCCC1c1cccc(Cl)c1. The number of rotatable bonds is 3. The molecule has 1 atom stereocenters. The predicted octanol–water partition coefficient (Wildman–Crippen LogP) is 3.95. The second-order valence-corrected chi connectivity index (χ2v) is 6.92. The first kappa shape index (κ1) is 20.5. The summed E-state index contributed by atoms with van der Waals surface area (Å²) in [5.74, 6) is -0.543. The molecule has 3 N–H and O–H groups in total. The Labute approximate surface area is 172 Å². The topological polar surface area (TPSA) is 92.1 Å². The molecule has 1 aliphatic heterocycles. The Hall–Kier alpha value is -3.19. The Morgan fingerprint density at radius 2 is 2.03 bits per heavy atom. The van der Waals surface area contributed by atoms with Gasteiger partial charge >= 0.3 is 0 Å². The summed E-state index contributed by atoms with van der Waals surface area (Å²) >= 11 is 6.11. The quantitative estimate of drug-likeness (QED) is 0.635. The lowest BCUT2D eigenvalue weighted by Gasteiger charge is -2.25. The minimum absolute atomic E-state index is 0.0374. The van der Waals surface area contributed by atoms with Crippen molar-refractivity contribution in [2.45, 2.75) is 18.9 Å². The Bertz CT molecular complexity index is 1010. The fourth-order valence-electron chi connectivity index (χ4n) is 3.54. The number of H-pyrrole nitrogens is 1. The third-order valence-electron chi connectivity index (χ3n) is 4.76. The van der Waals surface area contributed by atoms with Crippen LogP contribution in [-0.4, -0.2) is 34.0 Å². The average molecular weight is 415 g/mol. The number of hydrogen-bond acceptors (Lipinski definition) is 3. The van der Waals surface area contributed by atoms with Gasteiger partial charge in [-0.25, -0.2) is 4.39 Å². The van der Waals surface area contributed by atoms with E-state index in [2.05, 4.69) is 15.9 Å². The van der Waals surface area contributed by atoms with Gasteiger partial charge in [0.05, 0.1) is 23.5 Å². The van der Waals surface area contributed by atoms with Crippen molar-refractivity contribution in [2.24, 2.45) is 5.73 Å². The van der Waals surface area contributed by atoms with Gasteiger partial charge in [-0.1, -0.05) is 35.9 Å². The highest BCUT2D eigenvalue weighted by atomic mass is 35.5. The molecule has 150 valence electrons. The lowest BCUT2D eigenvalue weighted by Crippen LogP contribution is -2.30. The molecular weight excluding hydrogens is 395 g/mol. The largest absolute Gasteiger partial charge is 0.372 e. The molecule has 1 aromatic heterocycles. The van der Waals surface area contributed by atoms with E-state index in [1.54, 1.807) is 18.2 Å². The van der Waals surface area contributed by atoms with Gasteiger partial charge in [-0.3, -0.25) is 14.7 Å². The normalized spacial score (nSPS) is 15.5. The molecule has 0 radical (unpaired) electrons. The molecule has 1 fully saturated rings. The number of likely N-dealkylation sites (tertiary alicyclic amines) is 1. The highest BCUT2D eigenvalue weighted by Crippen LogP contribution is 2.35. The number of aromatic amines is 1. The average Bonchev–Trinajstić information content (AvgIpc) is 3.38. The summed E-state index contributed by atoms with van der Waals surface area (Å²) in [5, 5.41) is 7.41. The third-order valence-corrected chi connectivity index (χ3v) is 5.00. The van der Waals surface area contributed by atoms with Crippen LogP contribution in [0.3, 0.4) is 0 Å². The van der Waals surface area contributed by atoms with Crippen LogP contribution < -0.4 is 5.73 Å². The van der Waals surface area contributed by atoms with E-state index in [4.69, 9.17) is 16.4 Å². The van der Waals surface area contributed by atoms with Crippen molar-refractivity contribution < 1.29 is 14.0 Å². The second-order valence-electron chi connectivity index (χ2n) is 6.49. The van der Waals surface area contributed by atoms with Crippen LogP contribution in [0.25, 0.3) is 11.3 Å². The number of aromatic nitrogens is 2. The molecule has 29 heavy (non-hydrogen) atoms. The summed E-state index contributed by atoms with van der Waals surface area (Å²) < 4.78 is 14.2. The highest BCUT2D eigenvalue weighted by Gasteiger charge is 2.32. The molecule has 1 aliphatic rings. The van der Waals surface area contributed by atoms with Crippen LogP contribution in [0.4, 0.5) is 4.39 Å². The number of amides is 2. The van der Waals surface area contributed by atoms with E-state index in [1.165, 1.54) is 12.3 Å². The van der Waals surface area contributed by atoms with E-state index in [9.17, 15) is 9.18 Å². The van der Waals surface area contributed by atoms with E-state index < -0.39 is 5.82 Å². The molecule has 2 heterocycles. The third kappa shape index (κ3) is 4.46. The number of hydrogen-bond donors (Lipinski definition) is 2. The monoisotopic (exact) mass is 414 g/mol. The maximum absolute atomic E-state index is 14.2. The predicted molar refractivity (Wildman–Crippen MR) is 109 cm³/mol. The van der Waals surface area contributed by atoms with Crippen molar-refractivity contribution in [1.29, 1.82) is 0 Å². The standard InChI is InChI=1S/C20H17ClFN3O.CH3NO/c21-14-6-3-5-13(11-14)18-9-4-10-25(18)20(26)16-12-23-24-19(16)15-7-1-2-8-17(15)22;2-1-3/h1-3,5-8,11-12,18H,4,9-10H2,(H,23,24);1H,(H2,2,3). The minimum Gasteiger partial charge on any atom is -0.372 e. The van der Waals surface area contributed by atoms with Gasteiger partial charge < -0.3 is 10.6 Å². The molecule has 0 bridgehead atoms. The summed E-state index contributed by atoms with van der Waals surface area (Å²) in [6.07, 6.45) is 3.51. The number of halogens is 2. The first-order chi connectivity index (χ1) is 14.1. The summed E-state index contributed by atoms with van der Waals surface area (Å²) in [6.45, 7) is 0.651. The van der Waals surface area contributed by atoms with Crippen molar-refractivity contribution >= 4 is 23.9 Å². The molecule has 1 saturated heterocycles. The summed E-state index contributed by atoms with van der Waals surface area (Å²) in [5.41, 5.74) is 6.31. The number of primary amides is 1. The van der Waals surface area contributed by atoms with Gasteiger partial charge in [0.15, 0.2) is 0 Å². The Morgan fingerprint density at radius 3 is 2.76 bits per heavy atom. The van der Waals surface area contributed by atoms with E-state index >= 15 is 0 Å². The number of benzene rings is 2. The minimum atomic E-state index is -0.390. The molecule has 1 unspecified atom stereocenters. The van der Waals surface area contributed by atoms with Crippen molar-refractivity contribution in [2.75, 3.05) is 6.54 Å². The van der Waals surface area contributed by atoms with Gasteiger partial charge in [-0.2, -0.15) is 5.10 Å². The molecule has 0 aliphatic carbocycles. The van der Waals surface area contributed by atoms with Crippen LogP contribution in [0.15, 0.2) is 54.7 Å². The van der Waals surface area contributed by atoms with E-state index in [1.807, 2.05) is 29.2 Å². The Morgan fingerprint density at radius 1 is 1.28 bits per heavy atom. The van der Waals surface area contributed by atoms with Crippen molar-refractivity contribution in [1.82, 2.24) is 15.1 Å². The van der Waals surface area contributed by atoms with Crippen LogP contribution in [0.1, 0.15) is 34.8 Å². The fraction of sp³-hybridized carbons (Fsp3) is 0.190. The van der Waals surface area contributed by atoms with Gasteiger partial charge in [0.1, 0.15) is 5.82 Å². The molecule has 8 heteroatoms. The number of nitrogens with zero attached hydrogens (tertiary/aromatic N) is 2. The van der Waals surface area contributed by atoms with E-state index in [0.29, 0.717) is 28.4 Å². The van der Waals surface area contributed by atoms with Crippen LogP contribution in [-0.2, 0) is 4.79 Å². The van der Waals surface area contributed by atoms with Crippen molar-refractivity contribution in [3.8, 4) is 11.3 Å². The van der Waals surface area contributed by atoms with Crippen LogP contribution in [0, 0.1) is 5.82 Å². The van der Waals surface area contributed by atoms with Gasteiger partial charge in [0, 0.05) is 17.1 Å². The lowest BCUT2D eigenvalue weighted by atomic mass is 10.0. The molecule has 0 spiro atoms. The number of carbonyl (C=O) groups excluding carboxylic acids is 2. The number of carbonyl (C=O) groups is 2. The van der Waals surface area contributed by atoms with E-state index in [0.717, 1.165) is 18.4 Å². The van der Waals surface area contributed by atoms with Gasteiger partial charge in [-0.15, -0.1) is 0 Å². The van der Waals surface area contributed by atoms with Crippen LogP contribution in [0.5, 0.6) is 0 Å². The van der Waals surface area contributed by atoms with Gasteiger partial charge in [-0.05, 0) is 42.7 Å². The zero-order valence-corrected chi connectivity index (χ0v) is 16.3. The van der Waals surface area contributed by atoms with Gasteiger partial charge in [0.2, 0.25) is 6.41 Å². The highest BCUT2D eigenvalue weighted by molar-refractivity contribution is 6.30. The number of nitrogens with two attached hydrogens (primary N) is 1. The van der Waals surface area contributed by atoms with Crippen molar-refractivity contribution in [3.05, 3.63) is 76.7 Å². The fourth-order valence-corrected chi connectivity index (χ4v) is 3.74. The zero-order valence-electron chi connectivity index (χ0n) is 15.5. The molecular formula is C21H20ClFN4O2. The zero-order chi connectivity index (χ0) is 20.8. The smallest absolute Gasteiger partial charge is 0.258 e. The van der Waals surface area contributed by atoms with Crippen LogP contribution >= 0.6 is 11.6 Å². The Balaban J connectivity index is 0.000000755. The number of nitrogens with one attached hydrogen (secondary N) is 1. The van der Waals surface area contributed by atoms with E-state index in [-0.39, 0.29) is 18.4 Å².